The third kappa shape index (κ3) is 2.86. The molecule has 0 saturated carbocycles. The number of carbonyl (C=O) groups is 1. The standard InChI is InChI=1S/C9H8Cl2FNO/c1-5(10)9(14)13-8-4-6(12)2-3-7(8)11/h2-5H,1H3,(H,13,14). The van der Waals surface area contributed by atoms with Gasteiger partial charge in [0.05, 0.1) is 10.7 Å². The molecule has 14 heavy (non-hydrogen) atoms. The van der Waals surface area contributed by atoms with Gasteiger partial charge in [-0.25, -0.2) is 4.39 Å². The van der Waals surface area contributed by atoms with Crippen molar-refractivity contribution in [1.82, 2.24) is 0 Å². The number of nitrogens with one attached hydrogen (secondary N) is 1. The molecule has 1 N–H and O–H groups in total. The van der Waals surface area contributed by atoms with Crippen LogP contribution in [0.1, 0.15) is 6.92 Å². The van der Waals surface area contributed by atoms with Gasteiger partial charge in [0, 0.05) is 0 Å². The Morgan fingerprint density at radius 2 is 2.21 bits per heavy atom. The summed E-state index contributed by atoms with van der Waals surface area (Å²) in [6.07, 6.45) is 0. The fraction of sp³-hybridized carbons (Fsp3) is 0.222. The fourth-order valence-corrected chi connectivity index (χ4v) is 1.04. The number of halogens is 3. The first-order valence-electron chi connectivity index (χ1n) is 3.90. The van der Waals surface area contributed by atoms with Gasteiger partial charge in [-0.1, -0.05) is 11.6 Å². The molecule has 1 atom stereocenters. The normalized spacial score (nSPS) is 12.3. The second kappa shape index (κ2) is 4.62. The lowest BCUT2D eigenvalue weighted by Crippen LogP contribution is -2.20. The Balaban J connectivity index is 2.86. The average Bonchev–Trinajstić information content (AvgIpc) is 2.11. The minimum Gasteiger partial charge on any atom is -0.323 e. The zero-order valence-corrected chi connectivity index (χ0v) is 8.86. The molecule has 0 spiro atoms. The van der Waals surface area contributed by atoms with Crippen LogP contribution in [0.15, 0.2) is 18.2 Å². The van der Waals surface area contributed by atoms with Crippen molar-refractivity contribution in [2.75, 3.05) is 5.32 Å². The molecule has 76 valence electrons. The van der Waals surface area contributed by atoms with E-state index >= 15 is 0 Å². The molecule has 0 aromatic heterocycles. The summed E-state index contributed by atoms with van der Waals surface area (Å²) in [7, 11) is 0. The highest BCUT2D eigenvalue weighted by Crippen LogP contribution is 2.22. The highest BCUT2D eigenvalue weighted by molar-refractivity contribution is 6.35. The van der Waals surface area contributed by atoms with Gasteiger partial charge in [0.25, 0.3) is 0 Å². The van der Waals surface area contributed by atoms with Crippen LogP contribution in [-0.2, 0) is 4.79 Å². The van der Waals surface area contributed by atoms with Crippen molar-refractivity contribution in [1.29, 1.82) is 0 Å². The Labute approximate surface area is 91.0 Å². The van der Waals surface area contributed by atoms with Crippen molar-refractivity contribution in [2.24, 2.45) is 0 Å². The first-order valence-corrected chi connectivity index (χ1v) is 4.72. The molecule has 0 aliphatic carbocycles. The molecular formula is C9H8Cl2FNO. The van der Waals surface area contributed by atoms with E-state index in [1.807, 2.05) is 0 Å². The van der Waals surface area contributed by atoms with Crippen LogP contribution in [-0.4, -0.2) is 11.3 Å². The molecule has 1 amide bonds. The summed E-state index contributed by atoms with van der Waals surface area (Å²) < 4.78 is 12.8. The predicted octanol–water partition coefficient (Wildman–Crippen LogP) is 3.04. The summed E-state index contributed by atoms with van der Waals surface area (Å²) >= 11 is 11.2. The molecule has 1 rings (SSSR count). The zero-order valence-electron chi connectivity index (χ0n) is 7.35. The van der Waals surface area contributed by atoms with Crippen LogP contribution in [0, 0.1) is 5.82 Å². The van der Waals surface area contributed by atoms with Gasteiger partial charge in [0.1, 0.15) is 11.2 Å². The maximum atomic E-state index is 12.8. The van der Waals surface area contributed by atoms with Crippen LogP contribution in [0.5, 0.6) is 0 Å². The molecule has 0 aliphatic rings. The first-order chi connectivity index (χ1) is 6.50. The van der Waals surface area contributed by atoms with Crippen LogP contribution in [0.25, 0.3) is 0 Å². The van der Waals surface area contributed by atoms with E-state index in [0.717, 1.165) is 6.07 Å². The van der Waals surface area contributed by atoms with E-state index in [1.165, 1.54) is 19.1 Å². The smallest absolute Gasteiger partial charge is 0.242 e. The van der Waals surface area contributed by atoms with E-state index in [2.05, 4.69) is 5.32 Å². The summed E-state index contributed by atoms with van der Waals surface area (Å²) in [5.41, 5.74) is 0.226. The third-order valence-electron chi connectivity index (χ3n) is 1.55. The Hall–Kier alpha value is -0.800. The molecule has 0 aliphatic heterocycles. The van der Waals surface area contributed by atoms with Crippen molar-refractivity contribution in [3.05, 3.63) is 29.0 Å². The number of amides is 1. The molecule has 1 aromatic carbocycles. The number of benzene rings is 1. The molecule has 0 fully saturated rings. The SMILES string of the molecule is CC(Cl)C(=O)Nc1cc(F)ccc1Cl. The van der Waals surface area contributed by atoms with E-state index in [0.29, 0.717) is 0 Å². The molecule has 1 aromatic rings. The Bertz CT molecular complexity index is 355. The summed E-state index contributed by atoms with van der Waals surface area (Å²) in [5, 5.41) is 2.00. The van der Waals surface area contributed by atoms with Gasteiger partial charge in [0.2, 0.25) is 5.91 Å². The van der Waals surface area contributed by atoms with E-state index in [9.17, 15) is 9.18 Å². The second-order valence-electron chi connectivity index (χ2n) is 2.73. The van der Waals surface area contributed by atoms with Crippen molar-refractivity contribution in [3.8, 4) is 0 Å². The molecule has 5 heteroatoms. The Kier molecular flexibility index (Phi) is 3.72. The fourth-order valence-electron chi connectivity index (χ4n) is 0.825. The highest BCUT2D eigenvalue weighted by Gasteiger charge is 2.11. The zero-order chi connectivity index (χ0) is 10.7. The number of carbonyl (C=O) groups excluding carboxylic acids is 1. The predicted molar refractivity (Wildman–Crippen MR) is 55.4 cm³/mol. The van der Waals surface area contributed by atoms with Gasteiger partial charge in [-0.05, 0) is 25.1 Å². The highest BCUT2D eigenvalue weighted by atomic mass is 35.5. The number of anilines is 1. The third-order valence-corrected chi connectivity index (χ3v) is 2.08. The largest absolute Gasteiger partial charge is 0.323 e. The number of hydrogen-bond donors (Lipinski definition) is 1. The minimum absolute atomic E-state index is 0.226. The van der Waals surface area contributed by atoms with Crippen LogP contribution in [0.4, 0.5) is 10.1 Å². The topological polar surface area (TPSA) is 29.1 Å². The average molecular weight is 236 g/mol. The van der Waals surface area contributed by atoms with Gasteiger partial charge in [0.15, 0.2) is 0 Å². The van der Waals surface area contributed by atoms with Gasteiger partial charge >= 0.3 is 0 Å². The van der Waals surface area contributed by atoms with Gasteiger partial charge in [-0.3, -0.25) is 4.79 Å². The summed E-state index contributed by atoms with van der Waals surface area (Å²) in [6.45, 7) is 1.52. The maximum absolute atomic E-state index is 12.8. The van der Waals surface area contributed by atoms with E-state index in [-0.39, 0.29) is 10.7 Å². The van der Waals surface area contributed by atoms with Crippen LogP contribution >= 0.6 is 23.2 Å². The van der Waals surface area contributed by atoms with Crippen molar-refractivity contribution >= 4 is 34.8 Å². The molecule has 1 unspecified atom stereocenters. The quantitative estimate of drug-likeness (QED) is 0.785. The minimum atomic E-state index is -0.686. The second-order valence-corrected chi connectivity index (χ2v) is 3.79. The maximum Gasteiger partial charge on any atom is 0.242 e. The van der Waals surface area contributed by atoms with Crippen molar-refractivity contribution in [3.63, 3.8) is 0 Å². The Morgan fingerprint density at radius 1 is 1.57 bits per heavy atom. The lowest BCUT2D eigenvalue weighted by Gasteiger charge is -2.07. The summed E-state index contributed by atoms with van der Waals surface area (Å²) in [4.78, 5) is 11.2. The Morgan fingerprint density at radius 3 is 2.79 bits per heavy atom. The molecule has 0 radical (unpaired) electrons. The monoisotopic (exact) mass is 235 g/mol. The van der Waals surface area contributed by atoms with E-state index < -0.39 is 17.1 Å². The molecular weight excluding hydrogens is 228 g/mol. The van der Waals surface area contributed by atoms with Gasteiger partial charge < -0.3 is 5.32 Å². The van der Waals surface area contributed by atoms with Crippen LogP contribution in [0.2, 0.25) is 5.02 Å². The molecule has 0 saturated heterocycles. The molecule has 2 nitrogen and oxygen atoms in total. The summed E-state index contributed by atoms with van der Waals surface area (Å²) in [6, 6.07) is 3.72. The lowest BCUT2D eigenvalue weighted by molar-refractivity contribution is -0.115. The van der Waals surface area contributed by atoms with Crippen molar-refractivity contribution < 1.29 is 9.18 Å². The molecule has 0 bridgehead atoms. The van der Waals surface area contributed by atoms with Crippen molar-refractivity contribution in [2.45, 2.75) is 12.3 Å². The van der Waals surface area contributed by atoms with Crippen LogP contribution < -0.4 is 5.32 Å². The van der Waals surface area contributed by atoms with E-state index in [4.69, 9.17) is 23.2 Å². The number of alkyl halides is 1. The van der Waals surface area contributed by atoms with Crippen LogP contribution in [0.3, 0.4) is 0 Å². The number of rotatable bonds is 2. The van der Waals surface area contributed by atoms with Gasteiger partial charge in [-0.15, -0.1) is 11.6 Å². The van der Waals surface area contributed by atoms with Gasteiger partial charge in [-0.2, -0.15) is 0 Å². The first kappa shape index (κ1) is 11.3. The lowest BCUT2D eigenvalue weighted by atomic mass is 10.3. The molecule has 0 heterocycles. The number of hydrogen-bond acceptors (Lipinski definition) is 1. The summed E-state index contributed by atoms with van der Waals surface area (Å²) in [5.74, 6) is -0.883. The van der Waals surface area contributed by atoms with E-state index in [1.54, 1.807) is 0 Å².